The second-order valence-electron chi connectivity index (χ2n) is 6.33. The number of carbonyl (C=O) groups excluding carboxylic acids is 2. The predicted molar refractivity (Wildman–Crippen MR) is 105 cm³/mol. The molecule has 0 radical (unpaired) electrons. The first-order valence-corrected chi connectivity index (χ1v) is 9.13. The Hall–Kier alpha value is -2.63. The summed E-state index contributed by atoms with van der Waals surface area (Å²) in [5, 5.41) is 3.38. The van der Waals surface area contributed by atoms with E-state index in [1.807, 2.05) is 19.1 Å². The predicted octanol–water partition coefficient (Wildman–Crippen LogP) is 3.28. The van der Waals surface area contributed by atoms with Crippen LogP contribution in [0.2, 0.25) is 5.02 Å². The lowest BCUT2D eigenvalue weighted by atomic mass is 10.1. The van der Waals surface area contributed by atoms with Crippen LogP contribution in [0.25, 0.3) is 6.08 Å². The van der Waals surface area contributed by atoms with Gasteiger partial charge in [0.05, 0.1) is 13.2 Å². The number of nitrogens with one attached hydrogen (secondary N) is 1. The second-order valence-corrected chi connectivity index (χ2v) is 6.77. The third-order valence-electron chi connectivity index (χ3n) is 4.27. The average Bonchev–Trinajstić information content (AvgIpc) is 2.69. The lowest BCUT2D eigenvalue weighted by molar-refractivity contribution is -0.131. The summed E-state index contributed by atoms with van der Waals surface area (Å²) in [6.45, 7) is 3.93. The maximum Gasteiger partial charge on any atom is 0.270 e. The molecule has 0 spiro atoms. The highest BCUT2D eigenvalue weighted by Gasteiger charge is 2.22. The van der Waals surface area contributed by atoms with Crippen molar-refractivity contribution in [2.75, 3.05) is 26.3 Å². The molecule has 0 bridgehead atoms. The highest BCUT2D eigenvalue weighted by molar-refractivity contribution is 6.30. The van der Waals surface area contributed by atoms with Crippen LogP contribution in [-0.4, -0.2) is 43.0 Å². The topological polar surface area (TPSA) is 58.6 Å². The van der Waals surface area contributed by atoms with E-state index in [1.54, 1.807) is 47.4 Å². The quantitative estimate of drug-likeness (QED) is 0.823. The van der Waals surface area contributed by atoms with Gasteiger partial charge in [-0.05, 0) is 42.8 Å². The van der Waals surface area contributed by atoms with Crippen molar-refractivity contribution in [1.82, 2.24) is 10.2 Å². The van der Waals surface area contributed by atoms with E-state index in [0.717, 1.165) is 11.1 Å². The van der Waals surface area contributed by atoms with E-state index < -0.39 is 0 Å². The maximum atomic E-state index is 13.0. The van der Waals surface area contributed by atoms with Crippen molar-refractivity contribution in [1.29, 1.82) is 0 Å². The number of hydrogen-bond acceptors (Lipinski definition) is 3. The molecule has 2 aromatic rings. The molecule has 0 aromatic heterocycles. The van der Waals surface area contributed by atoms with Crippen molar-refractivity contribution in [2.45, 2.75) is 6.92 Å². The minimum Gasteiger partial charge on any atom is -0.378 e. The van der Waals surface area contributed by atoms with Gasteiger partial charge in [0.25, 0.3) is 11.8 Å². The molecule has 6 heteroatoms. The van der Waals surface area contributed by atoms with E-state index >= 15 is 0 Å². The van der Waals surface area contributed by atoms with Crippen LogP contribution >= 0.6 is 11.6 Å². The largest absolute Gasteiger partial charge is 0.378 e. The van der Waals surface area contributed by atoms with Crippen LogP contribution in [-0.2, 0) is 9.53 Å². The van der Waals surface area contributed by atoms with Crippen LogP contribution < -0.4 is 5.32 Å². The lowest BCUT2D eigenvalue weighted by Crippen LogP contribution is -2.44. The number of morpholine rings is 1. The summed E-state index contributed by atoms with van der Waals surface area (Å²) in [6, 6.07) is 14.3. The standard InChI is InChI=1S/C21H21ClN2O3/c1-15-2-6-17(7-3-15)20(25)23-19(14-16-4-8-18(22)9-5-16)21(26)24-10-12-27-13-11-24/h2-9,14H,10-13H2,1H3,(H,23,25)/b19-14-. The number of carbonyl (C=O) groups is 2. The smallest absolute Gasteiger partial charge is 0.270 e. The highest BCUT2D eigenvalue weighted by atomic mass is 35.5. The van der Waals surface area contributed by atoms with Gasteiger partial charge in [-0.1, -0.05) is 41.4 Å². The molecule has 1 fully saturated rings. The number of nitrogens with zero attached hydrogens (tertiary/aromatic N) is 1. The van der Waals surface area contributed by atoms with Crippen molar-refractivity contribution in [3.8, 4) is 0 Å². The molecule has 0 unspecified atom stereocenters. The van der Waals surface area contributed by atoms with Crippen LogP contribution in [0.15, 0.2) is 54.2 Å². The van der Waals surface area contributed by atoms with Gasteiger partial charge in [-0.25, -0.2) is 0 Å². The summed E-state index contributed by atoms with van der Waals surface area (Å²) in [5.74, 6) is -0.550. The molecule has 140 valence electrons. The van der Waals surface area contributed by atoms with Crippen LogP contribution in [0.4, 0.5) is 0 Å². The molecule has 1 aliphatic heterocycles. The monoisotopic (exact) mass is 384 g/mol. The van der Waals surface area contributed by atoms with Gasteiger partial charge in [0.1, 0.15) is 5.70 Å². The first-order valence-electron chi connectivity index (χ1n) is 8.75. The van der Waals surface area contributed by atoms with Crippen molar-refractivity contribution in [3.05, 3.63) is 75.9 Å². The summed E-state index contributed by atoms with van der Waals surface area (Å²) in [5.41, 5.74) is 2.57. The summed E-state index contributed by atoms with van der Waals surface area (Å²) < 4.78 is 5.31. The van der Waals surface area contributed by atoms with Crippen molar-refractivity contribution in [3.63, 3.8) is 0 Å². The van der Waals surface area contributed by atoms with Gasteiger partial charge in [0.2, 0.25) is 0 Å². The summed E-state index contributed by atoms with van der Waals surface area (Å²) in [6.07, 6.45) is 1.67. The van der Waals surface area contributed by atoms with Gasteiger partial charge < -0.3 is 15.0 Å². The zero-order chi connectivity index (χ0) is 19.2. The third kappa shape index (κ3) is 5.18. The number of hydrogen-bond donors (Lipinski definition) is 1. The molecule has 0 atom stereocenters. The molecule has 5 nitrogen and oxygen atoms in total. The molecule has 1 aliphatic rings. The molecule has 27 heavy (non-hydrogen) atoms. The Bertz CT molecular complexity index is 839. The first kappa shape index (κ1) is 19.1. The van der Waals surface area contributed by atoms with E-state index in [9.17, 15) is 9.59 Å². The maximum absolute atomic E-state index is 13.0. The Morgan fingerprint density at radius 3 is 2.30 bits per heavy atom. The van der Waals surface area contributed by atoms with E-state index in [4.69, 9.17) is 16.3 Å². The van der Waals surface area contributed by atoms with Crippen LogP contribution in [0.3, 0.4) is 0 Å². The number of benzene rings is 2. The SMILES string of the molecule is Cc1ccc(C(=O)N/C(=C\c2ccc(Cl)cc2)C(=O)N2CCOCC2)cc1. The Kier molecular flexibility index (Phi) is 6.27. The molecule has 2 amide bonds. The fourth-order valence-electron chi connectivity index (χ4n) is 2.71. The molecule has 1 heterocycles. The van der Waals surface area contributed by atoms with Gasteiger partial charge >= 0.3 is 0 Å². The number of aryl methyl sites for hydroxylation is 1. The Balaban J connectivity index is 1.86. The Morgan fingerprint density at radius 1 is 1.04 bits per heavy atom. The molecule has 0 aliphatic carbocycles. The summed E-state index contributed by atoms with van der Waals surface area (Å²) in [7, 11) is 0. The van der Waals surface area contributed by atoms with E-state index in [-0.39, 0.29) is 17.5 Å². The number of rotatable bonds is 4. The second kappa shape index (κ2) is 8.84. The summed E-state index contributed by atoms with van der Waals surface area (Å²) >= 11 is 5.93. The molecule has 3 rings (SSSR count). The van der Waals surface area contributed by atoms with Gasteiger partial charge in [-0.2, -0.15) is 0 Å². The zero-order valence-corrected chi connectivity index (χ0v) is 15.8. The lowest BCUT2D eigenvalue weighted by Gasteiger charge is -2.27. The van der Waals surface area contributed by atoms with Gasteiger partial charge in [-0.3, -0.25) is 9.59 Å². The third-order valence-corrected chi connectivity index (χ3v) is 4.52. The van der Waals surface area contributed by atoms with Crippen molar-refractivity contribution in [2.24, 2.45) is 0 Å². The van der Waals surface area contributed by atoms with Gasteiger partial charge in [0.15, 0.2) is 0 Å². The van der Waals surface area contributed by atoms with Gasteiger partial charge in [-0.15, -0.1) is 0 Å². The number of amides is 2. The molecule has 0 saturated carbocycles. The fourth-order valence-corrected chi connectivity index (χ4v) is 2.84. The van der Waals surface area contributed by atoms with Gasteiger partial charge in [0, 0.05) is 23.7 Å². The zero-order valence-electron chi connectivity index (χ0n) is 15.1. The Labute approximate surface area is 163 Å². The fraction of sp³-hybridized carbons (Fsp3) is 0.238. The normalized spacial score (nSPS) is 14.7. The Morgan fingerprint density at radius 2 is 1.67 bits per heavy atom. The van der Waals surface area contributed by atoms with Crippen LogP contribution in [0, 0.1) is 6.92 Å². The molecule has 1 saturated heterocycles. The average molecular weight is 385 g/mol. The minimum absolute atomic E-state index is 0.227. The van der Waals surface area contributed by atoms with Crippen LogP contribution in [0.5, 0.6) is 0 Å². The number of halogens is 1. The van der Waals surface area contributed by atoms with E-state index in [1.165, 1.54) is 0 Å². The molecule has 2 aromatic carbocycles. The minimum atomic E-state index is -0.322. The molecule has 1 N–H and O–H groups in total. The first-order chi connectivity index (χ1) is 13.0. The summed E-state index contributed by atoms with van der Waals surface area (Å²) in [4.78, 5) is 27.3. The van der Waals surface area contributed by atoms with Crippen molar-refractivity contribution < 1.29 is 14.3 Å². The number of ether oxygens (including phenoxy) is 1. The highest BCUT2D eigenvalue weighted by Crippen LogP contribution is 2.14. The van der Waals surface area contributed by atoms with Crippen LogP contribution in [0.1, 0.15) is 21.5 Å². The molecular formula is C21H21ClN2O3. The molecular weight excluding hydrogens is 364 g/mol. The van der Waals surface area contributed by atoms with E-state index in [2.05, 4.69) is 5.32 Å². The van der Waals surface area contributed by atoms with Crippen molar-refractivity contribution >= 4 is 29.5 Å². The van der Waals surface area contributed by atoms with E-state index in [0.29, 0.717) is 36.9 Å².